The van der Waals surface area contributed by atoms with E-state index >= 15 is 0 Å². The Labute approximate surface area is 233 Å². The number of aliphatic hydroxyl groups excluding tert-OH is 1. The van der Waals surface area contributed by atoms with Crippen molar-refractivity contribution in [3.05, 3.63) is 88.6 Å². The second-order valence-electron chi connectivity index (χ2n) is 10.6. The molecule has 0 saturated carbocycles. The zero-order valence-electron chi connectivity index (χ0n) is 23.2. The fourth-order valence-electron chi connectivity index (χ4n) is 4.84. The number of nitrogens with zero attached hydrogens (tertiary/aromatic N) is 2. The maximum absolute atomic E-state index is 13.6. The van der Waals surface area contributed by atoms with Gasteiger partial charge < -0.3 is 15.2 Å². The van der Waals surface area contributed by atoms with Crippen molar-refractivity contribution in [2.75, 3.05) is 13.7 Å². The predicted molar refractivity (Wildman–Crippen MR) is 156 cm³/mol. The lowest BCUT2D eigenvalue weighted by atomic mass is 9.95. The molecule has 3 aromatic rings. The van der Waals surface area contributed by atoms with Crippen LogP contribution in [0.3, 0.4) is 0 Å². The molecule has 206 valence electrons. The van der Waals surface area contributed by atoms with Crippen LogP contribution in [-0.2, 0) is 24.1 Å². The molecule has 0 radical (unpaired) electrons. The number of pyridine rings is 1. The number of carbonyl (C=O) groups excluding carboxylic acids is 1. The van der Waals surface area contributed by atoms with Gasteiger partial charge in [-0.3, -0.25) is 4.79 Å². The van der Waals surface area contributed by atoms with Crippen molar-refractivity contribution in [3.8, 4) is 17.0 Å². The van der Waals surface area contributed by atoms with E-state index in [1.54, 1.807) is 13.2 Å². The van der Waals surface area contributed by atoms with E-state index in [2.05, 4.69) is 5.32 Å². The first kappa shape index (κ1) is 28.7. The number of hydrogen-bond donors (Lipinski definition) is 2. The van der Waals surface area contributed by atoms with Crippen molar-refractivity contribution in [2.24, 2.45) is 0 Å². The highest BCUT2D eigenvalue weighted by Gasteiger charge is 2.40. The Morgan fingerprint density at radius 1 is 1.21 bits per heavy atom. The van der Waals surface area contributed by atoms with Crippen LogP contribution in [0.1, 0.15) is 72.9 Å². The van der Waals surface area contributed by atoms with Crippen LogP contribution in [-0.4, -0.2) is 43.0 Å². The zero-order valence-corrected chi connectivity index (χ0v) is 24.0. The number of hydrogen-bond acceptors (Lipinski definition) is 5. The summed E-state index contributed by atoms with van der Waals surface area (Å²) in [6.45, 7) is 8.48. The van der Waals surface area contributed by atoms with Gasteiger partial charge in [0.25, 0.3) is 5.91 Å². The first-order chi connectivity index (χ1) is 18.7. The molecular weight excluding hydrogens is 510 g/mol. The number of aromatic nitrogens is 1. The molecule has 0 fully saturated rings. The lowest BCUT2D eigenvalue weighted by Crippen LogP contribution is -2.36. The molecule has 8 heteroatoms. The Morgan fingerprint density at radius 2 is 1.97 bits per heavy atom. The Bertz CT molecular complexity index is 1400. The average molecular weight is 548 g/mol. The smallest absolute Gasteiger partial charge is 0.270 e. The quantitative estimate of drug-likeness (QED) is 0.373. The number of benzene rings is 2. The van der Waals surface area contributed by atoms with Gasteiger partial charge in [-0.15, -0.1) is 0 Å². The second kappa shape index (κ2) is 12.2. The molecule has 0 spiro atoms. The first-order valence-electron chi connectivity index (χ1n) is 13.1. The summed E-state index contributed by atoms with van der Waals surface area (Å²) in [5.41, 5.74) is 5.60. The topological polar surface area (TPSA) is 91.8 Å². The highest BCUT2D eigenvalue weighted by Crippen LogP contribution is 2.44. The summed E-state index contributed by atoms with van der Waals surface area (Å²) in [6, 6.07) is 17.1. The van der Waals surface area contributed by atoms with Gasteiger partial charge in [0.05, 0.1) is 23.6 Å². The summed E-state index contributed by atoms with van der Waals surface area (Å²) in [4.78, 5) is 18.3. The number of amides is 1. The molecule has 2 heterocycles. The van der Waals surface area contributed by atoms with Gasteiger partial charge in [-0.05, 0) is 75.1 Å². The van der Waals surface area contributed by atoms with E-state index in [1.807, 2.05) is 92.7 Å². The number of nitrogens with one attached hydrogen (secondary N) is 1. The monoisotopic (exact) mass is 547 g/mol. The average Bonchev–Trinajstić information content (AvgIpc) is 3.29. The summed E-state index contributed by atoms with van der Waals surface area (Å²) in [5.74, 6) is 0.433. The largest absolute Gasteiger partial charge is 0.497 e. The van der Waals surface area contributed by atoms with E-state index < -0.39 is 15.7 Å². The van der Waals surface area contributed by atoms with Crippen LogP contribution in [0, 0.1) is 0 Å². The molecular formula is C31H37N3O4S. The molecule has 2 atom stereocenters. The maximum atomic E-state index is 13.6. The molecule has 0 bridgehead atoms. The fourth-order valence-corrected chi connectivity index (χ4v) is 6.24. The van der Waals surface area contributed by atoms with E-state index in [1.165, 1.54) is 0 Å². The third-order valence-electron chi connectivity index (χ3n) is 6.63. The number of allylic oxidation sites excluding steroid dienone is 1. The van der Waals surface area contributed by atoms with Gasteiger partial charge >= 0.3 is 0 Å². The summed E-state index contributed by atoms with van der Waals surface area (Å²) in [6.07, 6.45) is 4.40. The SMILES string of the molecule is CC=Cc1cccc(-c2nc(C(=O)NCc3cccc(OC)c3)cc3c2[C@@H](CCO)N([S@](=O)C(C)(C)C)C3)c1. The lowest BCUT2D eigenvalue weighted by Gasteiger charge is -2.30. The van der Waals surface area contributed by atoms with Crippen LogP contribution in [0.2, 0.25) is 0 Å². The Hall–Kier alpha value is -3.33. The zero-order chi connectivity index (χ0) is 28.2. The molecule has 1 amide bonds. The lowest BCUT2D eigenvalue weighted by molar-refractivity contribution is 0.0946. The van der Waals surface area contributed by atoms with Gasteiger partial charge in [0.1, 0.15) is 22.4 Å². The van der Waals surface area contributed by atoms with E-state index in [-0.39, 0.29) is 18.6 Å². The highest BCUT2D eigenvalue weighted by molar-refractivity contribution is 7.84. The minimum atomic E-state index is -1.32. The normalized spacial score (nSPS) is 16.3. The van der Waals surface area contributed by atoms with Crippen molar-refractivity contribution in [1.29, 1.82) is 0 Å². The van der Waals surface area contributed by atoms with E-state index in [0.717, 1.165) is 33.6 Å². The third kappa shape index (κ3) is 6.46. The van der Waals surface area contributed by atoms with Crippen molar-refractivity contribution in [3.63, 3.8) is 0 Å². The maximum Gasteiger partial charge on any atom is 0.270 e. The molecule has 2 aromatic carbocycles. The van der Waals surface area contributed by atoms with Crippen molar-refractivity contribution < 1.29 is 18.8 Å². The molecule has 0 unspecified atom stereocenters. The number of aliphatic hydroxyl groups is 1. The van der Waals surface area contributed by atoms with E-state index in [4.69, 9.17) is 9.72 Å². The number of carbonyl (C=O) groups is 1. The molecule has 1 aliphatic heterocycles. The van der Waals surface area contributed by atoms with Crippen molar-refractivity contribution >= 4 is 23.0 Å². The summed E-state index contributed by atoms with van der Waals surface area (Å²) < 4.78 is 20.3. The molecule has 39 heavy (non-hydrogen) atoms. The third-order valence-corrected chi connectivity index (χ3v) is 8.49. The van der Waals surface area contributed by atoms with Gasteiger partial charge in [0.15, 0.2) is 0 Å². The second-order valence-corrected chi connectivity index (χ2v) is 12.7. The van der Waals surface area contributed by atoms with Crippen molar-refractivity contribution in [1.82, 2.24) is 14.6 Å². The van der Waals surface area contributed by atoms with Crippen LogP contribution in [0.15, 0.2) is 60.7 Å². The molecule has 0 aliphatic carbocycles. The van der Waals surface area contributed by atoms with Crippen molar-refractivity contribution in [2.45, 2.75) is 58.0 Å². The van der Waals surface area contributed by atoms with Gasteiger partial charge in [-0.1, -0.05) is 42.5 Å². The Kier molecular flexibility index (Phi) is 9.00. The van der Waals surface area contributed by atoms with E-state index in [9.17, 15) is 14.1 Å². The number of methoxy groups -OCH3 is 1. The van der Waals surface area contributed by atoms with Gasteiger partial charge in [-0.25, -0.2) is 13.5 Å². The molecule has 1 aliphatic rings. The number of ether oxygens (including phenoxy) is 1. The summed E-state index contributed by atoms with van der Waals surface area (Å²) >= 11 is 0. The summed E-state index contributed by atoms with van der Waals surface area (Å²) in [7, 11) is 0.290. The number of rotatable bonds is 9. The molecule has 4 rings (SSSR count). The standard InChI is InChI=1S/C31H37N3O4S/c1-6-9-21-10-7-12-23(16-21)29-28-24(20-34(27(28)14-15-35)39(37)31(2,3)4)18-26(33-29)30(36)32-19-22-11-8-13-25(17-22)38-5/h6-13,16-18,27,35H,14-15,19-20H2,1-5H3,(H,32,36)/t27-,39-/m1/s1. The van der Waals surface area contributed by atoms with Crippen LogP contribution in [0.5, 0.6) is 5.75 Å². The number of fused-ring (bicyclic) bond motifs is 1. The predicted octanol–water partition coefficient (Wildman–Crippen LogP) is 5.42. The first-order valence-corrected chi connectivity index (χ1v) is 14.2. The minimum Gasteiger partial charge on any atom is -0.497 e. The van der Waals surface area contributed by atoms with E-state index in [0.29, 0.717) is 30.9 Å². The van der Waals surface area contributed by atoms with Crippen LogP contribution in [0.25, 0.3) is 17.3 Å². The van der Waals surface area contributed by atoms with Gasteiger partial charge in [0.2, 0.25) is 0 Å². The summed E-state index contributed by atoms with van der Waals surface area (Å²) in [5, 5.41) is 12.9. The minimum absolute atomic E-state index is 0.0528. The molecule has 0 saturated heterocycles. The highest BCUT2D eigenvalue weighted by atomic mass is 32.2. The molecule has 2 N–H and O–H groups in total. The van der Waals surface area contributed by atoms with Crippen LogP contribution >= 0.6 is 0 Å². The fraction of sp³-hybridized carbons (Fsp3) is 0.355. The Morgan fingerprint density at radius 3 is 2.67 bits per heavy atom. The molecule has 7 nitrogen and oxygen atoms in total. The van der Waals surface area contributed by atoms with Gasteiger partial charge in [0, 0.05) is 30.8 Å². The van der Waals surface area contributed by atoms with Crippen LogP contribution in [0.4, 0.5) is 0 Å². The van der Waals surface area contributed by atoms with Crippen LogP contribution < -0.4 is 10.1 Å². The Balaban J connectivity index is 1.78. The van der Waals surface area contributed by atoms with Gasteiger partial charge in [-0.2, -0.15) is 0 Å². The molecule has 1 aromatic heterocycles.